The van der Waals surface area contributed by atoms with Crippen molar-refractivity contribution in [2.45, 2.75) is 44.3 Å². The second-order valence-corrected chi connectivity index (χ2v) is 8.87. The molecular formula is C22H26F4N6O. The summed E-state index contributed by atoms with van der Waals surface area (Å²) in [6.45, 7) is 1.96. The summed E-state index contributed by atoms with van der Waals surface area (Å²) >= 11 is 0. The van der Waals surface area contributed by atoms with E-state index in [1.165, 1.54) is 12.1 Å². The van der Waals surface area contributed by atoms with E-state index in [4.69, 9.17) is 4.98 Å². The molecule has 3 aliphatic rings. The van der Waals surface area contributed by atoms with Gasteiger partial charge in [0.15, 0.2) is 5.82 Å². The first-order valence-electron chi connectivity index (χ1n) is 11.2. The molecule has 2 bridgehead atoms. The molecule has 2 aromatic heterocycles. The molecule has 0 amide bonds. The van der Waals surface area contributed by atoms with Gasteiger partial charge in [-0.15, -0.1) is 0 Å². The zero-order valence-electron chi connectivity index (χ0n) is 18.0. The summed E-state index contributed by atoms with van der Waals surface area (Å²) in [5, 5.41) is 14.0. The second-order valence-electron chi connectivity index (χ2n) is 8.87. The molecule has 7 nitrogen and oxygen atoms in total. The number of anilines is 4. The molecule has 0 saturated carbocycles. The Morgan fingerprint density at radius 3 is 2.58 bits per heavy atom. The number of aromatic nitrogens is 2. The predicted octanol–water partition coefficient (Wildman–Crippen LogP) is 3.57. The maximum atomic E-state index is 13.3. The molecule has 3 aliphatic heterocycles. The van der Waals surface area contributed by atoms with Gasteiger partial charge < -0.3 is 25.1 Å². The Morgan fingerprint density at radius 1 is 1.03 bits per heavy atom. The quantitative estimate of drug-likeness (QED) is 0.528. The lowest BCUT2D eigenvalue weighted by molar-refractivity contribution is -0.176. The molecule has 2 unspecified atom stereocenters. The Labute approximate surface area is 189 Å². The minimum atomic E-state index is -4.23. The SMILES string of the molecule is OC(Nc1ccc(F)cn1)N1c2nc(N3CCCC(C(F)(F)F)C3)ccc2N2CCC[C@H]1C2. The third-order valence-electron chi connectivity index (χ3n) is 6.69. The zero-order valence-corrected chi connectivity index (χ0v) is 18.0. The van der Waals surface area contributed by atoms with E-state index in [1.807, 2.05) is 6.07 Å². The molecule has 0 aromatic carbocycles. The van der Waals surface area contributed by atoms with Crippen molar-refractivity contribution >= 4 is 23.1 Å². The molecule has 0 radical (unpaired) electrons. The van der Waals surface area contributed by atoms with Crippen molar-refractivity contribution in [1.82, 2.24) is 9.97 Å². The molecule has 2 saturated heterocycles. The van der Waals surface area contributed by atoms with Crippen LogP contribution in [0.4, 0.5) is 40.7 Å². The van der Waals surface area contributed by atoms with Crippen LogP contribution >= 0.6 is 0 Å². The highest BCUT2D eigenvalue weighted by Gasteiger charge is 2.43. The summed E-state index contributed by atoms with van der Waals surface area (Å²) in [6, 6.07) is 6.31. The summed E-state index contributed by atoms with van der Waals surface area (Å²) in [5.41, 5.74) is 0.840. The number of pyridine rings is 2. The van der Waals surface area contributed by atoms with E-state index in [-0.39, 0.29) is 19.0 Å². The molecule has 5 heterocycles. The minimum Gasteiger partial charge on any atom is -0.366 e. The van der Waals surface area contributed by atoms with E-state index in [0.29, 0.717) is 37.0 Å². The molecule has 3 atom stereocenters. The highest BCUT2D eigenvalue weighted by atomic mass is 19.4. The first-order valence-corrected chi connectivity index (χ1v) is 11.2. The Bertz CT molecular complexity index is 988. The van der Waals surface area contributed by atoms with Gasteiger partial charge in [0.25, 0.3) is 0 Å². The van der Waals surface area contributed by atoms with E-state index >= 15 is 0 Å². The summed E-state index contributed by atoms with van der Waals surface area (Å²) in [5.74, 6) is -0.545. The van der Waals surface area contributed by atoms with E-state index in [9.17, 15) is 22.7 Å². The maximum Gasteiger partial charge on any atom is 0.393 e. The molecule has 33 heavy (non-hydrogen) atoms. The van der Waals surface area contributed by atoms with Crippen LogP contribution in [0, 0.1) is 11.7 Å². The summed E-state index contributed by atoms with van der Waals surface area (Å²) in [4.78, 5) is 14.4. The number of hydrogen-bond acceptors (Lipinski definition) is 7. The second kappa shape index (κ2) is 8.51. The lowest BCUT2D eigenvalue weighted by Gasteiger charge is -2.48. The van der Waals surface area contributed by atoms with Gasteiger partial charge in [-0.2, -0.15) is 13.2 Å². The van der Waals surface area contributed by atoms with Gasteiger partial charge in [-0.25, -0.2) is 14.4 Å². The van der Waals surface area contributed by atoms with Gasteiger partial charge in [-0.05, 0) is 49.9 Å². The van der Waals surface area contributed by atoms with Crippen LogP contribution in [0.15, 0.2) is 30.5 Å². The van der Waals surface area contributed by atoms with Crippen LogP contribution in [-0.4, -0.2) is 59.8 Å². The van der Waals surface area contributed by atoms with Crippen molar-refractivity contribution in [2.24, 2.45) is 5.92 Å². The third-order valence-corrected chi connectivity index (χ3v) is 6.69. The third kappa shape index (κ3) is 4.38. The number of hydrogen-bond donors (Lipinski definition) is 2. The Balaban J connectivity index is 1.45. The average Bonchev–Trinajstić information content (AvgIpc) is 2.80. The Kier molecular flexibility index (Phi) is 5.67. The van der Waals surface area contributed by atoms with Crippen molar-refractivity contribution < 1.29 is 22.7 Å². The molecule has 0 aliphatic carbocycles. The number of halogens is 4. The standard InChI is InChI=1S/C22H26F4N6O/c23-15-5-7-18(27-11-15)28-21(33)32-16-4-2-9-30(13-16)17-6-8-19(29-20(17)32)31-10-1-3-14(12-31)22(24,25)26/h5-8,11,14,16,21,33H,1-4,9-10,12-13H2,(H,27,28)/t14?,16-,21?/m0/s1. The van der Waals surface area contributed by atoms with Gasteiger partial charge in [0.1, 0.15) is 17.5 Å². The summed E-state index contributed by atoms with van der Waals surface area (Å²) in [6.07, 6.45) is -1.99. The summed E-state index contributed by atoms with van der Waals surface area (Å²) < 4.78 is 53.2. The minimum absolute atomic E-state index is 0.0266. The number of aliphatic hydroxyl groups excluding tert-OH is 1. The van der Waals surface area contributed by atoms with Gasteiger partial charge in [0.2, 0.25) is 6.35 Å². The molecule has 178 valence electrons. The largest absolute Gasteiger partial charge is 0.393 e. The van der Waals surface area contributed by atoms with Crippen molar-refractivity contribution in [2.75, 3.05) is 46.2 Å². The fourth-order valence-electron chi connectivity index (χ4n) is 5.05. The van der Waals surface area contributed by atoms with Crippen LogP contribution in [0.5, 0.6) is 0 Å². The molecule has 0 spiro atoms. The Morgan fingerprint density at radius 2 is 1.82 bits per heavy atom. The van der Waals surface area contributed by atoms with E-state index in [1.54, 1.807) is 15.9 Å². The number of piperidine rings is 2. The van der Waals surface area contributed by atoms with Crippen molar-refractivity contribution in [3.05, 3.63) is 36.3 Å². The first-order chi connectivity index (χ1) is 15.8. The topological polar surface area (TPSA) is 67.8 Å². The van der Waals surface area contributed by atoms with Crippen molar-refractivity contribution in [3.8, 4) is 0 Å². The van der Waals surface area contributed by atoms with Crippen LogP contribution in [0.25, 0.3) is 0 Å². The number of rotatable bonds is 4. The van der Waals surface area contributed by atoms with E-state index in [0.717, 1.165) is 31.3 Å². The first kappa shape index (κ1) is 22.0. The number of aliphatic hydroxyl groups is 1. The normalized spacial score (nSPS) is 23.8. The van der Waals surface area contributed by atoms with Gasteiger partial charge in [0, 0.05) is 26.2 Å². The molecular weight excluding hydrogens is 440 g/mol. The zero-order chi connectivity index (χ0) is 23.2. The lowest BCUT2D eigenvalue weighted by atomic mass is 9.97. The van der Waals surface area contributed by atoms with Gasteiger partial charge in [-0.1, -0.05) is 0 Å². The van der Waals surface area contributed by atoms with Crippen LogP contribution in [0.3, 0.4) is 0 Å². The molecule has 2 fully saturated rings. The van der Waals surface area contributed by atoms with E-state index in [2.05, 4.69) is 15.2 Å². The van der Waals surface area contributed by atoms with E-state index < -0.39 is 24.3 Å². The molecule has 2 aromatic rings. The Hall–Kier alpha value is -2.82. The lowest BCUT2D eigenvalue weighted by Crippen LogP contribution is -2.58. The number of fused-ring (bicyclic) bond motifs is 4. The number of nitrogens with zero attached hydrogens (tertiary/aromatic N) is 5. The molecule has 5 rings (SSSR count). The van der Waals surface area contributed by atoms with Crippen LogP contribution < -0.4 is 20.0 Å². The fourth-order valence-corrected chi connectivity index (χ4v) is 5.05. The summed E-state index contributed by atoms with van der Waals surface area (Å²) in [7, 11) is 0. The number of nitrogens with one attached hydrogen (secondary N) is 1. The molecule has 2 N–H and O–H groups in total. The fraction of sp³-hybridized carbons (Fsp3) is 0.545. The van der Waals surface area contributed by atoms with Crippen LogP contribution in [-0.2, 0) is 0 Å². The van der Waals surface area contributed by atoms with Gasteiger partial charge in [0.05, 0.1) is 23.8 Å². The van der Waals surface area contributed by atoms with Gasteiger partial charge >= 0.3 is 6.18 Å². The average molecular weight is 466 g/mol. The highest BCUT2D eigenvalue weighted by Crippen LogP contribution is 2.41. The monoisotopic (exact) mass is 466 g/mol. The molecule has 11 heteroatoms. The van der Waals surface area contributed by atoms with Crippen LogP contribution in [0.2, 0.25) is 0 Å². The number of alkyl halides is 3. The predicted molar refractivity (Wildman–Crippen MR) is 117 cm³/mol. The highest BCUT2D eigenvalue weighted by molar-refractivity contribution is 5.74. The van der Waals surface area contributed by atoms with Gasteiger partial charge in [-0.3, -0.25) is 0 Å². The smallest absolute Gasteiger partial charge is 0.366 e. The van der Waals surface area contributed by atoms with Crippen molar-refractivity contribution in [3.63, 3.8) is 0 Å². The van der Waals surface area contributed by atoms with Crippen molar-refractivity contribution in [1.29, 1.82) is 0 Å². The van der Waals surface area contributed by atoms with Crippen LogP contribution in [0.1, 0.15) is 25.7 Å². The maximum absolute atomic E-state index is 13.3.